The number of hydrogen-bond donors (Lipinski definition) is 1. The topological polar surface area (TPSA) is 102 Å². The van der Waals surface area contributed by atoms with E-state index in [0.717, 1.165) is 31.8 Å². The van der Waals surface area contributed by atoms with Crippen LogP contribution in [0, 0.1) is 0 Å². The number of carbonyl (C=O) groups is 1. The number of nitrogen functional groups attached to an aromatic ring is 1. The fourth-order valence-electron chi connectivity index (χ4n) is 2.79. The van der Waals surface area contributed by atoms with Crippen molar-refractivity contribution in [1.82, 2.24) is 29.3 Å². The van der Waals surface area contributed by atoms with Crippen LogP contribution in [-0.4, -0.2) is 73.7 Å². The third-order valence-corrected chi connectivity index (χ3v) is 4.11. The molecule has 1 fully saturated rings. The molecule has 0 spiro atoms. The zero-order valence-electron chi connectivity index (χ0n) is 15.0. The van der Waals surface area contributed by atoms with Gasteiger partial charge in [0.25, 0.3) is 0 Å². The van der Waals surface area contributed by atoms with Crippen molar-refractivity contribution >= 4 is 23.1 Å². The van der Waals surface area contributed by atoms with Crippen LogP contribution in [0.2, 0.25) is 0 Å². The van der Waals surface area contributed by atoms with Gasteiger partial charge in [-0.1, -0.05) is 0 Å². The monoisotopic (exact) mass is 347 g/mol. The number of piperazine rings is 1. The maximum atomic E-state index is 12.1. The molecular formula is C16H25N7O2. The van der Waals surface area contributed by atoms with Crippen LogP contribution < -0.4 is 5.73 Å². The van der Waals surface area contributed by atoms with E-state index in [4.69, 9.17) is 10.5 Å². The minimum atomic E-state index is -0.458. The highest BCUT2D eigenvalue weighted by Crippen LogP contribution is 2.15. The quantitative estimate of drug-likeness (QED) is 0.882. The number of carbonyl (C=O) groups excluding carboxylic acids is 1. The van der Waals surface area contributed by atoms with Crippen LogP contribution in [0.15, 0.2) is 12.7 Å². The molecule has 0 bridgehead atoms. The van der Waals surface area contributed by atoms with E-state index in [1.54, 1.807) is 11.2 Å². The average Bonchev–Trinajstić information content (AvgIpc) is 2.96. The van der Waals surface area contributed by atoms with Crippen molar-refractivity contribution < 1.29 is 9.53 Å². The predicted molar refractivity (Wildman–Crippen MR) is 94.0 cm³/mol. The molecule has 3 heterocycles. The van der Waals surface area contributed by atoms with Crippen molar-refractivity contribution in [2.75, 3.05) is 38.5 Å². The Morgan fingerprint density at radius 3 is 2.56 bits per heavy atom. The number of ether oxygens (including phenoxy) is 1. The van der Waals surface area contributed by atoms with Gasteiger partial charge in [-0.15, -0.1) is 0 Å². The van der Waals surface area contributed by atoms with Gasteiger partial charge in [0.1, 0.15) is 17.4 Å². The Bertz CT molecular complexity index is 745. The van der Waals surface area contributed by atoms with Gasteiger partial charge in [0, 0.05) is 39.3 Å². The summed E-state index contributed by atoms with van der Waals surface area (Å²) in [6.45, 7) is 10.3. The summed E-state index contributed by atoms with van der Waals surface area (Å²) in [5.74, 6) is 0.398. The molecule has 0 radical (unpaired) electrons. The SMILES string of the molecule is CC(C)(C)OC(=O)N1CCN(CCn2cnc3c(N)ncnc32)CC1. The standard InChI is InChI=1S/C16H25N7O2/c1-16(2,3)25-15(24)22-7-4-21(5-8-22)6-9-23-11-20-12-13(17)18-10-19-14(12)23/h10-11H,4-9H2,1-3H3,(H2,17,18,19). The first-order valence-corrected chi connectivity index (χ1v) is 8.45. The van der Waals surface area contributed by atoms with Gasteiger partial charge in [-0.25, -0.2) is 19.7 Å². The van der Waals surface area contributed by atoms with E-state index < -0.39 is 5.60 Å². The lowest BCUT2D eigenvalue weighted by atomic mass is 10.2. The summed E-state index contributed by atoms with van der Waals surface area (Å²) in [5, 5.41) is 0. The average molecular weight is 347 g/mol. The first-order chi connectivity index (χ1) is 11.8. The molecule has 0 atom stereocenters. The normalized spacial score (nSPS) is 16.4. The fraction of sp³-hybridized carbons (Fsp3) is 0.625. The number of hydrogen-bond acceptors (Lipinski definition) is 7. The van der Waals surface area contributed by atoms with Gasteiger partial charge in [0.05, 0.1) is 6.33 Å². The van der Waals surface area contributed by atoms with Crippen molar-refractivity contribution in [2.45, 2.75) is 32.9 Å². The molecule has 2 N–H and O–H groups in total. The molecule has 2 aromatic heterocycles. The molecule has 9 heteroatoms. The highest BCUT2D eigenvalue weighted by atomic mass is 16.6. The van der Waals surface area contributed by atoms with Gasteiger partial charge in [-0.3, -0.25) is 4.90 Å². The predicted octanol–water partition coefficient (Wildman–Crippen LogP) is 0.961. The van der Waals surface area contributed by atoms with Crippen LogP contribution >= 0.6 is 0 Å². The molecule has 0 aliphatic carbocycles. The second-order valence-electron chi connectivity index (χ2n) is 7.18. The van der Waals surface area contributed by atoms with Crippen molar-refractivity contribution in [3.63, 3.8) is 0 Å². The van der Waals surface area contributed by atoms with Crippen LogP contribution in [0.5, 0.6) is 0 Å². The minimum Gasteiger partial charge on any atom is -0.444 e. The molecule has 136 valence electrons. The molecule has 3 rings (SSSR count). The van der Waals surface area contributed by atoms with E-state index in [1.165, 1.54) is 6.33 Å². The molecule has 1 saturated heterocycles. The van der Waals surface area contributed by atoms with E-state index >= 15 is 0 Å². The molecule has 25 heavy (non-hydrogen) atoms. The zero-order chi connectivity index (χ0) is 18.0. The molecular weight excluding hydrogens is 322 g/mol. The molecule has 1 aliphatic heterocycles. The van der Waals surface area contributed by atoms with Gasteiger partial charge >= 0.3 is 6.09 Å². The lowest BCUT2D eigenvalue weighted by molar-refractivity contribution is 0.0143. The van der Waals surface area contributed by atoms with Gasteiger partial charge in [-0.2, -0.15) is 0 Å². The summed E-state index contributed by atoms with van der Waals surface area (Å²) in [6.07, 6.45) is 2.96. The van der Waals surface area contributed by atoms with E-state index in [9.17, 15) is 4.79 Å². The number of rotatable bonds is 3. The van der Waals surface area contributed by atoms with E-state index in [1.807, 2.05) is 25.3 Å². The van der Waals surface area contributed by atoms with E-state index in [0.29, 0.717) is 24.4 Å². The zero-order valence-corrected chi connectivity index (χ0v) is 15.0. The summed E-state index contributed by atoms with van der Waals surface area (Å²) in [5.41, 5.74) is 6.74. The van der Waals surface area contributed by atoms with Crippen molar-refractivity contribution in [1.29, 1.82) is 0 Å². The first kappa shape index (κ1) is 17.4. The van der Waals surface area contributed by atoms with Crippen LogP contribution in [-0.2, 0) is 11.3 Å². The highest BCUT2D eigenvalue weighted by Gasteiger charge is 2.25. The Kier molecular flexibility index (Phi) is 4.76. The van der Waals surface area contributed by atoms with Gasteiger partial charge in [0.2, 0.25) is 0 Å². The fourth-order valence-corrected chi connectivity index (χ4v) is 2.79. The maximum absolute atomic E-state index is 12.1. The van der Waals surface area contributed by atoms with E-state index in [2.05, 4.69) is 19.9 Å². The van der Waals surface area contributed by atoms with E-state index in [-0.39, 0.29) is 6.09 Å². The molecule has 0 unspecified atom stereocenters. The number of amides is 1. The van der Waals surface area contributed by atoms with Crippen molar-refractivity contribution in [2.24, 2.45) is 0 Å². The Morgan fingerprint density at radius 1 is 1.16 bits per heavy atom. The molecule has 0 saturated carbocycles. The number of fused-ring (bicyclic) bond motifs is 1. The Balaban J connectivity index is 1.51. The maximum Gasteiger partial charge on any atom is 0.410 e. The molecule has 2 aromatic rings. The third kappa shape index (κ3) is 4.16. The molecule has 9 nitrogen and oxygen atoms in total. The van der Waals surface area contributed by atoms with Crippen molar-refractivity contribution in [3.8, 4) is 0 Å². The summed E-state index contributed by atoms with van der Waals surface area (Å²) in [4.78, 5) is 28.7. The number of nitrogens with two attached hydrogens (primary N) is 1. The van der Waals surface area contributed by atoms with Crippen LogP contribution in [0.1, 0.15) is 20.8 Å². The molecule has 1 amide bonds. The minimum absolute atomic E-state index is 0.236. The van der Waals surface area contributed by atoms with Gasteiger partial charge in [0.15, 0.2) is 11.5 Å². The number of aromatic nitrogens is 4. The third-order valence-electron chi connectivity index (χ3n) is 4.11. The summed E-state index contributed by atoms with van der Waals surface area (Å²) < 4.78 is 7.40. The lowest BCUT2D eigenvalue weighted by Crippen LogP contribution is -2.50. The highest BCUT2D eigenvalue weighted by molar-refractivity contribution is 5.81. The molecule has 1 aliphatic rings. The Hall–Kier alpha value is -2.42. The van der Waals surface area contributed by atoms with Crippen LogP contribution in [0.25, 0.3) is 11.2 Å². The molecule has 0 aromatic carbocycles. The largest absolute Gasteiger partial charge is 0.444 e. The Morgan fingerprint density at radius 2 is 1.88 bits per heavy atom. The second-order valence-corrected chi connectivity index (χ2v) is 7.18. The summed E-state index contributed by atoms with van der Waals surface area (Å²) in [6, 6.07) is 0. The second kappa shape index (κ2) is 6.83. The number of anilines is 1. The van der Waals surface area contributed by atoms with Crippen LogP contribution in [0.3, 0.4) is 0 Å². The summed E-state index contributed by atoms with van der Waals surface area (Å²) >= 11 is 0. The number of imidazole rings is 1. The van der Waals surface area contributed by atoms with Gasteiger partial charge < -0.3 is 19.9 Å². The van der Waals surface area contributed by atoms with Crippen molar-refractivity contribution in [3.05, 3.63) is 12.7 Å². The van der Waals surface area contributed by atoms with Gasteiger partial charge in [-0.05, 0) is 20.8 Å². The smallest absolute Gasteiger partial charge is 0.410 e. The first-order valence-electron chi connectivity index (χ1n) is 8.45. The number of nitrogens with zero attached hydrogens (tertiary/aromatic N) is 6. The summed E-state index contributed by atoms with van der Waals surface area (Å²) in [7, 11) is 0. The lowest BCUT2D eigenvalue weighted by Gasteiger charge is -2.35. The Labute approximate surface area is 146 Å². The van der Waals surface area contributed by atoms with Crippen LogP contribution in [0.4, 0.5) is 10.6 Å².